The number of rotatable bonds is 14. The van der Waals surface area contributed by atoms with Crippen molar-refractivity contribution < 1.29 is 24.9 Å². The summed E-state index contributed by atoms with van der Waals surface area (Å²) in [6, 6.07) is 26.6. The molecule has 0 unspecified atom stereocenters. The lowest BCUT2D eigenvalue weighted by Gasteiger charge is -2.42. The Morgan fingerprint density at radius 1 is 0.877 bits per heavy atom. The largest absolute Gasteiger partial charge is 0.508 e. The van der Waals surface area contributed by atoms with E-state index in [1.54, 1.807) is 11.0 Å². The lowest BCUT2D eigenvalue weighted by atomic mass is 9.98. The molecule has 4 aliphatic rings. The summed E-state index contributed by atoms with van der Waals surface area (Å²) in [5.41, 5.74) is 7.32. The van der Waals surface area contributed by atoms with Crippen LogP contribution < -0.4 is 14.5 Å². The molecule has 0 radical (unpaired) electrons. The predicted octanol–water partition coefficient (Wildman–Crippen LogP) is 6.77. The summed E-state index contributed by atoms with van der Waals surface area (Å²) in [6.07, 6.45) is 4.41. The molecule has 3 atom stereocenters. The molecular weight excluding hydrogens is 921 g/mol. The SMILES string of the molecule is C=CC(=O)N1CCN(c2nc(OC[C@@H]3CC[C@H](CN4CCN(Cc5ccc(-n6c(O)nnc6-c6cc(C(C)C)c(O)cc6O)cc5)CC4)N3C)nc3c2CCN(c2cccc4cccc(C)c24)C3)C[C@@H]1CC#N. The Kier molecular flexibility index (Phi) is 14.2. The highest BCUT2D eigenvalue weighted by molar-refractivity contribution is 5.97. The maximum Gasteiger partial charge on any atom is 0.319 e. The molecule has 17 nitrogen and oxygen atoms in total. The van der Waals surface area contributed by atoms with Crippen LogP contribution in [0.1, 0.15) is 67.0 Å². The average molecular weight is 987 g/mol. The highest BCUT2D eigenvalue weighted by Gasteiger charge is 2.36. The van der Waals surface area contributed by atoms with Gasteiger partial charge in [0, 0.05) is 100 Å². The second-order valence-electron chi connectivity index (χ2n) is 20.4. The fraction of sp³-hybridized carbons (Fsp3) is 0.429. The van der Waals surface area contributed by atoms with Crippen LogP contribution in [0, 0.1) is 18.3 Å². The number of piperazine rings is 2. The molecule has 6 heterocycles. The van der Waals surface area contributed by atoms with Gasteiger partial charge in [-0.2, -0.15) is 15.2 Å². The van der Waals surface area contributed by atoms with E-state index in [1.165, 1.54) is 38.7 Å². The first-order valence-corrected chi connectivity index (χ1v) is 25.6. The summed E-state index contributed by atoms with van der Waals surface area (Å²) in [5.74, 6) is 0.831. The van der Waals surface area contributed by atoms with Gasteiger partial charge in [0.2, 0.25) is 5.91 Å². The summed E-state index contributed by atoms with van der Waals surface area (Å²) in [7, 11) is 2.22. The van der Waals surface area contributed by atoms with E-state index in [2.05, 4.69) is 110 Å². The normalized spacial score (nSPS) is 19.9. The van der Waals surface area contributed by atoms with E-state index in [-0.39, 0.29) is 53.7 Å². The number of hydrogen-bond donors (Lipinski definition) is 3. The number of amides is 1. The third kappa shape index (κ3) is 10.1. The quantitative estimate of drug-likeness (QED) is 0.0971. The number of anilines is 2. The number of phenolic OH excluding ortho intramolecular Hbond substituents is 2. The molecule has 380 valence electrons. The number of likely N-dealkylation sites (N-methyl/N-ethyl adjacent to an activating group) is 1. The Bertz CT molecular complexity index is 3030. The highest BCUT2D eigenvalue weighted by Crippen LogP contribution is 2.40. The first kappa shape index (κ1) is 49.3. The molecule has 0 spiro atoms. The molecule has 2 aromatic heterocycles. The van der Waals surface area contributed by atoms with Gasteiger partial charge in [-0.05, 0) is 91.6 Å². The van der Waals surface area contributed by atoms with Crippen molar-refractivity contribution >= 4 is 28.2 Å². The minimum atomic E-state index is -0.292. The first-order valence-electron chi connectivity index (χ1n) is 25.6. The molecule has 1 amide bonds. The van der Waals surface area contributed by atoms with Gasteiger partial charge in [-0.1, -0.05) is 68.0 Å². The Hall–Kier alpha value is -7.26. The van der Waals surface area contributed by atoms with E-state index in [0.717, 1.165) is 87.7 Å². The van der Waals surface area contributed by atoms with Crippen LogP contribution in [0.25, 0.3) is 27.8 Å². The molecule has 3 saturated heterocycles. The number of nitriles is 1. The van der Waals surface area contributed by atoms with Crippen LogP contribution in [-0.2, 0) is 24.3 Å². The number of likely N-dealkylation sites (tertiary alicyclic amines) is 1. The Morgan fingerprint density at radius 3 is 2.38 bits per heavy atom. The van der Waals surface area contributed by atoms with Crippen LogP contribution in [0.4, 0.5) is 11.5 Å². The zero-order chi connectivity index (χ0) is 50.9. The monoisotopic (exact) mass is 987 g/mol. The number of aryl methyl sites for hydroxylation is 1. The van der Waals surface area contributed by atoms with Crippen molar-refractivity contribution in [3.63, 3.8) is 0 Å². The Labute approximate surface area is 427 Å². The summed E-state index contributed by atoms with van der Waals surface area (Å²) >= 11 is 0. The third-order valence-electron chi connectivity index (χ3n) is 15.6. The van der Waals surface area contributed by atoms with E-state index in [9.17, 15) is 25.4 Å². The van der Waals surface area contributed by atoms with Crippen LogP contribution in [0.5, 0.6) is 23.5 Å². The number of fused-ring (bicyclic) bond motifs is 2. The number of carbonyl (C=O) groups is 1. The van der Waals surface area contributed by atoms with Crippen LogP contribution in [0.15, 0.2) is 85.5 Å². The molecule has 10 rings (SSSR count). The van der Waals surface area contributed by atoms with Crippen LogP contribution in [0.3, 0.4) is 0 Å². The van der Waals surface area contributed by atoms with Crippen LogP contribution in [0.2, 0.25) is 0 Å². The van der Waals surface area contributed by atoms with E-state index in [1.807, 2.05) is 26.0 Å². The molecule has 17 heteroatoms. The maximum atomic E-state index is 12.8. The zero-order valence-corrected chi connectivity index (χ0v) is 42.4. The number of carbonyl (C=O) groups excluding carboxylic acids is 1. The van der Waals surface area contributed by atoms with Gasteiger partial charge in [-0.3, -0.25) is 19.5 Å². The molecule has 4 aromatic carbocycles. The molecule has 3 N–H and O–H groups in total. The molecule has 4 aliphatic heterocycles. The van der Waals surface area contributed by atoms with E-state index >= 15 is 0 Å². The topological polar surface area (TPSA) is 187 Å². The van der Waals surface area contributed by atoms with Gasteiger partial charge in [0.05, 0.1) is 42.0 Å². The van der Waals surface area contributed by atoms with E-state index < -0.39 is 0 Å². The number of aromatic nitrogens is 5. The lowest BCUT2D eigenvalue weighted by molar-refractivity contribution is -0.128. The molecule has 3 fully saturated rings. The van der Waals surface area contributed by atoms with Crippen molar-refractivity contribution in [1.29, 1.82) is 5.26 Å². The first-order chi connectivity index (χ1) is 35.4. The van der Waals surface area contributed by atoms with Gasteiger partial charge >= 0.3 is 12.0 Å². The van der Waals surface area contributed by atoms with Gasteiger partial charge in [0.1, 0.15) is 23.9 Å². The van der Waals surface area contributed by atoms with Gasteiger partial charge in [0.15, 0.2) is 5.82 Å². The Balaban J connectivity index is 0.771. The average Bonchev–Trinajstić information content (AvgIpc) is 3.95. The number of hydrogen-bond acceptors (Lipinski definition) is 15. The van der Waals surface area contributed by atoms with E-state index in [0.29, 0.717) is 61.7 Å². The lowest BCUT2D eigenvalue weighted by Crippen LogP contribution is -2.55. The van der Waals surface area contributed by atoms with Crippen LogP contribution >= 0.6 is 0 Å². The fourth-order valence-electron chi connectivity index (χ4n) is 11.5. The summed E-state index contributed by atoms with van der Waals surface area (Å²) in [5, 5.41) is 52.2. The molecule has 0 saturated carbocycles. The van der Waals surface area contributed by atoms with Crippen molar-refractivity contribution in [2.75, 3.05) is 82.4 Å². The minimum Gasteiger partial charge on any atom is -0.508 e. The van der Waals surface area contributed by atoms with E-state index in [4.69, 9.17) is 14.7 Å². The molecule has 0 bridgehead atoms. The fourth-order valence-corrected chi connectivity index (χ4v) is 11.5. The number of benzene rings is 4. The van der Waals surface area contributed by atoms with Crippen LogP contribution in [-0.4, -0.2) is 156 Å². The smallest absolute Gasteiger partial charge is 0.319 e. The Morgan fingerprint density at radius 2 is 1.63 bits per heavy atom. The second kappa shape index (κ2) is 21.1. The van der Waals surface area contributed by atoms with Gasteiger partial charge in [-0.15, -0.1) is 5.10 Å². The third-order valence-corrected chi connectivity index (χ3v) is 15.6. The summed E-state index contributed by atoms with van der Waals surface area (Å²) in [6.45, 7) is 18.9. The zero-order valence-electron chi connectivity index (χ0n) is 42.4. The standard InChI is InChI=1S/C56H66N12O5/c1-6-51(71)67-28-27-66(33-42(67)19-21-57)53-44-20-22-65(48-12-8-11-39-10-7-9-37(4)52(39)48)34-47(44)58-55(59-53)73-35-43-18-17-41(62(43)5)32-64-25-23-63(24-26-64)31-38-13-15-40(16-14-38)68-54(60-61-56(68)72)46-29-45(36(2)3)49(69)30-50(46)70/h6-16,29-30,36,41-43,69-70H,1,17-20,22-28,31-35H2,2-5H3,(H,61,72)/t41-,42+,43+/m1/s1. The van der Waals surface area contributed by atoms with Crippen molar-refractivity contribution in [2.24, 2.45) is 0 Å². The molecular formula is C56H66N12O5. The minimum absolute atomic E-state index is 0.00640. The van der Waals surface area contributed by atoms with Gasteiger partial charge < -0.3 is 34.8 Å². The highest BCUT2D eigenvalue weighted by atomic mass is 16.5. The van der Waals surface area contributed by atoms with Crippen molar-refractivity contribution in [3.8, 4) is 46.7 Å². The number of ether oxygens (including phenoxy) is 1. The molecule has 6 aromatic rings. The van der Waals surface area contributed by atoms with Crippen molar-refractivity contribution in [1.82, 2.24) is 44.3 Å². The number of aromatic hydroxyl groups is 3. The number of phenols is 2. The van der Waals surface area contributed by atoms with Gasteiger partial charge in [-0.25, -0.2) is 4.57 Å². The second-order valence-corrected chi connectivity index (χ2v) is 20.4. The maximum absolute atomic E-state index is 12.8. The molecule has 0 aliphatic carbocycles. The summed E-state index contributed by atoms with van der Waals surface area (Å²) < 4.78 is 8.13. The molecule has 73 heavy (non-hydrogen) atoms. The number of nitrogens with zero attached hydrogens (tertiary/aromatic N) is 12. The summed E-state index contributed by atoms with van der Waals surface area (Å²) in [4.78, 5) is 37.1. The van der Waals surface area contributed by atoms with Gasteiger partial charge in [0.25, 0.3) is 0 Å². The van der Waals surface area contributed by atoms with Crippen molar-refractivity contribution in [2.45, 2.75) is 83.6 Å². The predicted molar refractivity (Wildman–Crippen MR) is 281 cm³/mol. The van der Waals surface area contributed by atoms with Crippen molar-refractivity contribution in [3.05, 3.63) is 113 Å².